The predicted octanol–water partition coefficient (Wildman–Crippen LogP) is 3.08. The third-order valence-electron chi connectivity index (χ3n) is 4.89. The molecule has 27 heavy (non-hydrogen) atoms. The molecule has 7 heteroatoms. The first-order chi connectivity index (χ1) is 13.0. The lowest BCUT2D eigenvalue weighted by molar-refractivity contribution is -0.134. The van der Waals surface area contributed by atoms with Crippen LogP contribution in [0.4, 0.5) is 5.69 Å². The summed E-state index contributed by atoms with van der Waals surface area (Å²) in [7, 11) is 4.61. The summed E-state index contributed by atoms with van der Waals surface area (Å²) in [6, 6.07) is 3.42. The summed E-state index contributed by atoms with van der Waals surface area (Å²) >= 11 is 0. The van der Waals surface area contributed by atoms with E-state index in [1.807, 2.05) is 4.90 Å². The number of nitrogens with zero attached hydrogens (tertiary/aromatic N) is 1. The Bertz CT molecular complexity index is 629. The molecule has 1 aromatic rings. The van der Waals surface area contributed by atoms with Crippen LogP contribution in [0, 0.1) is 5.92 Å². The molecule has 0 bridgehead atoms. The van der Waals surface area contributed by atoms with Crippen LogP contribution >= 0.6 is 0 Å². The number of hydrogen-bond donors (Lipinski definition) is 1. The van der Waals surface area contributed by atoms with Crippen molar-refractivity contribution >= 4 is 17.5 Å². The smallest absolute Gasteiger partial charge is 0.227 e. The minimum Gasteiger partial charge on any atom is -0.493 e. The van der Waals surface area contributed by atoms with Crippen LogP contribution in [0.5, 0.6) is 17.2 Å². The topological polar surface area (TPSA) is 77.1 Å². The number of hydrogen-bond acceptors (Lipinski definition) is 5. The summed E-state index contributed by atoms with van der Waals surface area (Å²) in [4.78, 5) is 26.6. The standard InChI is InChI=1S/C20H30N2O5/c1-5-6-7-18(23)22-10-8-14(9-11-22)20(24)21-15-12-16(25-2)19(27-4)17(13-15)26-3/h12-14H,5-11H2,1-4H3,(H,21,24). The van der Waals surface area contributed by atoms with Gasteiger partial charge in [0.05, 0.1) is 21.3 Å². The molecule has 0 aliphatic carbocycles. The molecule has 7 nitrogen and oxygen atoms in total. The quantitative estimate of drug-likeness (QED) is 0.752. The highest BCUT2D eigenvalue weighted by molar-refractivity contribution is 5.93. The molecular formula is C20H30N2O5. The molecule has 0 spiro atoms. The van der Waals surface area contributed by atoms with Crippen LogP contribution in [0.15, 0.2) is 12.1 Å². The van der Waals surface area contributed by atoms with Crippen LogP contribution < -0.4 is 19.5 Å². The van der Waals surface area contributed by atoms with Gasteiger partial charge in [-0.25, -0.2) is 0 Å². The van der Waals surface area contributed by atoms with Gasteiger partial charge in [-0.3, -0.25) is 9.59 Å². The van der Waals surface area contributed by atoms with Gasteiger partial charge in [0.2, 0.25) is 17.6 Å². The van der Waals surface area contributed by atoms with E-state index in [2.05, 4.69) is 12.2 Å². The van der Waals surface area contributed by atoms with Crippen molar-refractivity contribution in [2.45, 2.75) is 39.0 Å². The zero-order chi connectivity index (χ0) is 19.8. The Kier molecular flexibility index (Phi) is 7.76. The first kappa shape index (κ1) is 20.9. The number of rotatable bonds is 8. The van der Waals surface area contributed by atoms with E-state index in [0.29, 0.717) is 55.3 Å². The molecule has 1 aliphatic heterocycles. The molecule has 0 aromatic heterocycles. The molecular weight excluding hydrogens is 348 g/mol. The lowest BCUT2D eigenvalue weighted by atomic mass is 9.95. The number of amides is 2. The number of unbranched alkanes of at least 4 members (excludes halogenated alkanes) is 1. The Morgan fingerprint density at radius 3 is 2.15 bits per heavy atom. The van der Waals surface area contributed by atoms with Crippen LogP contribution in [-0.4, -0.2) is 51.1 Å². The van der Waals surface area contributed by atoms with Crippen molar-refractivity contribution in [1.29, 1.82) is 0 Å². The zero-order valence-corrected chi connectivity index (χ0v) is 16.7. The average Bonchev–Trinajstić information content (AvgIpc) is 2.71. The predicted molar refractivity (Wildman–Crippen MR) is 104 cm³/mol. The van der Waals surface area contributed by atoms with Crippen molar-refractivity contribution in [3.05, 3.63) is 12.1 Å². The van der Waals surface area contributed by atoms with Crippen LogP contribution in [0.25, 0.3) is 0 Å². The Hall–Kier alpha value is -2.44. The van der Waals surface area contributed by atoms with Crippen molar-refractivity contribution in [3.63, 3.8) is 0 Å². The average molecular weight is 378 g/mol. The van der Waals surface area contributed by atoms with E-state index in [4.69, 9.17) is 14.2 Å². The second-order valence-electron chi connectivity index (χ2n) is 6.66. The van der Waals surface area contributed by atoms with Crippen LogP contribution in [0.1, 0.15) is 39.0 Å². The Labute approximate surface area is 161 Å². The Morgan fingerprint density at radius 2 is 1.67 bits per heavy atom. The van der Waals surface area contributed by atoms with Crippen molar-refractivity contribution < 1.29 is 23.8 Å². The summed E-state index contributed by atoms with van der Waals surface area (Å²) in [5, 5.41) is 2.93. The number of piperidine rings is 1. The van der Waals surface area contributed by atoms with Crippen LogP contribution in [0.3, 0.4) is 0 Å². The molecule has 0 radical (unpaired) electrons. The van der Waals surface area contributed by atoms with E-state index in [1.165, 1.54) is 21.3 Å². The molecule has 2 amide bonds. The van der Waals surface area contributed by atoms with Gasteiger partial charge >= 0.3 is 0 Å². The molecule has 1 heterocycles. The number of likely N-dealkylation sites (tertiary alicyclic amines) is 1. The molecule has 1 N–H and O–H groups in total. The number of carbonyl (C=O) groups excluding carboxylic acids is 2. The molecule has 1 fully saturated rings. The molecule has 1 aromatic carbocycles. The first-order valence-corrected chi connectivity index (χ1v) is 9.42. The Balaban J connectivity index is 1.97. The summed E-state index contributed by atoms with van der Waals surface area (Å²) in [6.45, 7) is 3.35. The van der Waals surface area contributed by atoms with Gasteiger partial charge in [-0.1, -0.05) is 13.3 Å². The largest absolute Gasteiger partial charge is 0.493 e. The van der Waals surface area contributed by atoms with E-state index in [9.17, 15) is 9.59 Å². The van der Waals surface area contributed by atoms with Gasteiger partial charge < -0.3 is 24.4 Å². The summed E-state index contributed by atoms with van der Waals surface area (Å²) in [5.41, 5.74) is 0.593. The van der Waals surface area contributed by atoms with Gasteiger partial charge in [-0.2, -0.15) is 0 Å². The summed E-state index contributed by atoms with van der Waals surface area (Å²) in [6.07, 6.45) is 3.88. The number of ether oxygens (including phenoxy) is 3. The van der Waals surface area contributed by atoms with Gasteiger partial charge in [0, 0.05) is 43.2 Å². The highest BCUT2D eigenvalue weighted by Crippen LogP contribution is 2.40. The third kappa shape index (κ3) is 5.28. The zero-order valence-electron chi connectivity index (χ0n) is 16.7. The fraction of sp³-hybridized carbons (Fsp3) is 0.600. The minimum atomic E-state index is -0.112. The minimum absolute atomic E-state index is 0.0510. The molecule has 0 saturated carbocycles. The van der Waals surface area contributed by atoms with E-state index in [0.717, 1.165) is 12.8 Å². The van der Waals surface area contributed by atoms with Gasteiger partial charge in [0.25, 0.3) is 0 Å². The lowest BCUT2D eigenvalue weighted by Gasteiger charge is -2.31. The maximum Gasteiger partial charge on any atom is 0.227 e. The highest BCUT2D eigenvalue weighted by Gasteiger charge is 2.27. The van der Waals surface area contributed by atoms with Gasteiger partial charge in [-0.15, -0.1) is 0 Å². The second-order valence-corrected chi connectivity index (χ2v) is 6.66. The van der Waals surface area contributed by atoms with Crippen LogP contribution in [0.2, 0.25) is 0 Å². The maximum atomic E-state index is 12.6. The number of methoxy groups -OCH3 is 3. The SMILES string of the molecule is CCCCC(=O)N1CCC(C(=O)Nc2cc(OC)c(OC)c(OC)c2)CC1. The van der Waals surface area contributed by atoms with Crippen molar-refractivity contribution in [2.75, 3.05) is 39.7 Å². The maximum absolute atomic E-state index is 12.6. The van der Waals surface area contributed by atoms with Gasteiger partial charge in [-0.05, 0) is 19.3 Å². The fourth-order valence-corrected chi connectivity index (χ4v) is 3.27. The molecule has 0 unspecified atom stereocenters. The monoisotopic (exact) mass is 378 g/mol. The second kappa shape index (κ2) is 10.0. The number of carbonyl (C=O) groups is 2. The van der Waals surface area contributed by atoms with Crippen LogP contribution in [-0.2, 0) is 9.59 Å². The highest BCUT2D eigenvalue weighted by atomic mass is 16.5. The number of nitrogens with one attached hydrogen (secondary N) is 1. The third-order valence-corrected chi connectivity index (χ3v) is 4.89. The molecule has 1 aliphatic rings. The van der Waals surface area contributed by atoms with Gasteiger partial charge in [0.15, 0.2) is 11.5 Å². The number of benzene rings is 1. The lowest BCUT2D eigenvalue weighted by Crippen LogP contribution is -2.41. The van der Waals surface area contributed by atoms with E-state index >= 15 is 0 Å². The van der Waals surface area contributed by atoms with E-state index in [-0.39, 0.29) is 17.7 Å². The van der Waals surface area contributed by atoms with Crippen molar-refractivity contribution in [3.8, 4) is 17.2 Å². The summed E-state index contributed by atoms with van der Waals surface area (Å²) in [5.74, 6) is 1.49. The van der Waals surface area contributed by atoms with E-state index < -0.39 is 0 Å². The van der Waals surface area contributed by atoms with Gasteiger partial charge in [0.1, 0.15) is 0 Å². The summed E-state index contributed by atoms with van der Waals surface area (Å²) < 4.78 is 15.9. The Morgan fingerprint density at radius 1 is 1.07 bits per heavy atom. The first-order valence-electron chi connectivity index (χ1n) is 9.42. The van der Waals surface area contributed by atoms with Crippen molar-refractivity contribution in [1.82, 2.24) is 4.90 Å². The molecule has 0 atom stereocenters. The number of anilines is 1. The molecule has 1 saturated heterocycles. The molecule has 2 rings (SSSR count). The van der Waals surface area contributed by atoms with E-state index in [1.54, 1.807) is 12.1 Å². The molecule has 150 valence electrons. The van der Waals surface area contributed by atoms with Crippen molar-refractivity contribution in [2.24, 2.45) is 5.92 Å². The fourth-order valence-electron chi connectivity index (χ4n) is 3.27. The normalized spacial score (nSPS) is 14.6.